The van der Waals surface area contributed by atoms with Crippen LogP contribution < -0.4 is 9.64 Å². The second-order valence-corrected chi connectivity index (χ2v) is 5.27. The third-order valence-corrected chi connectivity index (χ3v) is 3.54. The Morgan fingerprint density at radius 1 is 1.45 bits per heavy atom. The third kappa shape index (κ3) is 3.43. The van der Waals surface area contributed by atoms with Crippen LogP contribution in [0.25, 0.3) is 0 Å². The van der Waals surface area contributed by atoms with Crippen molar-refractivity contribution in [3.05, 3.63) is 22.7 Å². The molecule has 1 amide bonds. The van der Waals surface area contributed by atoms with Crippen molar-refractivity contribution in [3.8, 4) is 5.75 Å². The summed E-state index contributed by atoms with van der Waals surface area (Å²) in [7, 11) is 0. The average molecular weight is 354 g/mol. The Balaban J connectivity index is 2.19. The number of benzene rings is 1. The molecule has 4 nitrogen and oxygen atoms in total. The molecule has 0 radical (unpaired) electrons. The van der Waals surface area contributed by atoms with E-state index in [1.807, 2.05) is 0 Å². The van der Waals surface area contributed by atoms with Crippen LogP contribution in [-0.4, -0.2) is 30.5 Å². The van der Waals surface area contributed by atoms with Crippen LogP contribution in [0.3, 0.4) is 0 Å². The smallest absolute Gasteiger partial charge is 0.405 e. The van der Waals surface area contributed by atoms with Gasteiger partial charge in [0, 0.05) is 31.2 Å². The first-order valence-corrected chi connectivity index (χ1v) is 6.56. The number of aliphatic hydroxyl groups is 1. The number of anilines is 1. The van der Waals surface area contributed by atoms with E-state index < -0.39 is 6.36 Å². The Labute approximate surface area is 121 Å². The van der Waals surface area contributed by atoms with Crippen LogP contribution in [-0.2, 0) is 4.79 Å². The van der Waals surface area contributed by atoms with Crippen LogP contribution in [0, 0.1) is 5.92 Å². The molecular formula is C12H11BrF3NO3. The molecular weight excluding hydrogens is 343 g/mol. The normalized spacial score (nSPS) is 19.6. The Morgan fingerprint density at radius 3 is 2.65 bits per heavy atom. The summed E-state index contributed by atoms with van der Waals surface area (Å²) >= 11 is 2.99. The number of rotatable bonds is 3. The number of carbonyl (C=O) groups excluding carboxylic acids is 1. The number of nitrogens with zero attached hydrogens (tertiary/aromatic N) is 1. The van der Waals surface area contributed by atoms with E-state index in [1.54, 1.807) is 0 Å². The maximum atomic E-state index is 12.1. The Bertz CT molecular complexity index is 521. The highest BCUT2D eigenvalue weighted by atomic mass is 79.9. The molecule has 1 heterocycles. The van der Waals surface area contributed by atoms with Crippen molar-refractivity contribution in [2.45, 2.75) is 12.8 Å². The molecule has 1 aromatic carbocycles. The highest BCUT2D eigenvalue weighted by molar-refractivity contribution is 9.10. The number of hydrogen-bond acceptors (Lipinski definition) is 3. The van der Waals surface area contributed by atoms with Gasteiger partial charge >= 0.3 is 6.36 Å². The van der Waals surface area contributed by atoms with Crippen LogP contribution in [0.5, 0.6) is 5.75 Å². The van der Waals surface area contributed by atoms with E-state index in [0.29, 0.717) is 12.2 Å². The fraction of sp³-hybridized carbons (Fsp3) is 0.417. The molecule has 0 aromatic heterocycles. The number of ether oxygens (including phenoxy) is 1. The Morgan fingerprint density at radius 2 is 2.15 bits per heavy atom. The van der Waals surface area contributed by atoms with Crippen LogP contribution >= 0.6 is 15.9 Å². The zero-order valence-electron chi connectivity index (χ0n) is 10.2. The first-order chi connectivity index (χ1) is 9.30. The molecule has 1 atom stereocenters. The number of amides is 1. The van der Waals surface area contributed by atoms with E-state index >= 15 is 0 Å². The van der Waals surface area contributed by atoms with E-state index in [4.69, 9.17) is 5.11 Å². The van der Waals surface area contributed by atoms with E-state index in [2.05, 4.69) is 20.7 Å². The topological polar surface area (TPSA) is 49.8 Å². The Hall–Kier alpha value is -1.28. The van der Waals surface area contributed by atoms with Gasteiger partial charge in [-0.25, -0.2) is 0 Å². The molecule has 1 fully saturated rings. The molecule has 2 rings (SSSR count). The second-order valence-electron chi connectivity index (χ2n) is 4.42. The first-order valence-electron chi connectivity index (χ1n) is 5.76. The number of halogens is 4. The van der Waals surface area contributed by atoms with E-state index in [1.165, 1.54) is 17.0 Å². The van der Waals surface area contributed by atoms with E-state index in [-0.39, 0.29) is 35.1 Å². The summed E-state index contributed by atoms with van der Waals surface area (Å²) < 4.78 is 40.4. The largest absolute Gasteiger partial charge is 0.573 e. The van der Waals surface area contributed by atoms with Gasteiger partial charge in [0.15, 0.2) is 0 Å². The zero-order chi connectivity index (χ0) is 14.9. The van der Waals surface area contributed by atoms with Gasteiger partial charge in [-0.1, -0.05) is 0 Å². The Kier molecular flexibility index (Phi) is 4.24. The molecule has 1 N–H and O–H groups in total. The summed E-state index contributed by atoms with van der Waals surface area (Å²) in [6, 6.07) is 3.91. The van der Waals surface area contributed by atoms with Crippen molar-refractivity contribution in [2.75, 3.05) is 18.1 Å². The molecule has 0 aliphatic carbocycles. The maximum absolute atomic E-state index is 12.1. The molecule has 8 heteroatoms. The van der Waals surface area contributed by atoms with Crippen molar-refractivity contribution in [3.63, 3.8) is 0 Å². The SMILES string of the molecule is O=C1CC(CO)CN1c1ccc(OC(F)(F)F)c(Br)c1. The van der Waals surface area contributed by atoms with Crippen LogP contribution in [0.4, 0.5) is 18.9 Å². The maximum Gasteiger partial charge on any atom is 0.573 e. The summed E-state index contributed by atoms with van der Waals surface area (Å²) in [5.41, 5.74) is 0.465. The summed E-state index contributed by atoms with van der Waals surface area (Å²) in [4.78, 5) is 13.2. The lowest BCUT2D eigenvalue weighted by Gasteiger charge is -2.18. The van der Waals surface area contributed by atoms with Crippen molar-refractivity contribution >= 4 is 27.5 Å². The average Bonchev–Trinajstić information content (AvgIpc) is 2.72. The molecule has 1 saturated heterocycles. The zero-order valence-corrected chi connectivity index (χ0v) is 11.7. The van der Waals surface area contributed by atoms with E-state index in [0.717, 1.165) is 6.07 Å². The lowest BCUT2D eigenvalue weighted by molar-refractivity contribution is -0.274. The number of hydrogen-bond donors (Lipinski definition) is 1. The third-order valence-electron chi connectivity index (χ3n) is 2.92. The molecule has 20 heavy (non-hydrogen) atoms. The van der Waals surface area contributed by atoms with E-state index in [9.17, 15) is 18.0 Å². The van der Waals surface area contributed by atoms with Gasteiger partial charge in [0.25, 0.3) is 0 Å². The fourth-order valence-corrected chi connectivity index (χ4v) is 2.47. The minimum absolute atomic E-state index is 0.0985. The van der Waals surface area contributed by atoms with Gasteiger partial charge in [-0.3, -0.25) is 4.79 Å². The van der Waals surface area contributed by atoms with Crippen molar-refractivity contribution < 1.29 is 27.8 Å². The molecule has 1 aliphatic heterocycles. The van der Waals surface area contributed by atoms with Crippen molar-refractivity contribution in [1.29, 1.82) is 0 Å². The van der Waals surface area contributed by atoms with Gasteiger partial charge in [-0.15, -0.1) is 13.2 Å². The van der Waals surface area contributed by atoms with Crippen molar-refractivity contribution in [2.24, 2.45) is 5.92 Å². The molecule has 0 saturated carbocycles. The van der Waals surface area contributed by atoms with Gasteiger partial charge in [0.05, 0.1) is 4.47 Å². The molecule has 0 bridgehead atoms. The van der Waals surface area contributed by atoms with Crippen LogP contribution in [0.2, 0.25) is 0 Å². The standard InChI is InChI=1S/C12H11BrF3NO3/c13-9-4-8(1-2-10(9)20-12(14,15)16)17-5-7(6-18)3-11(17)19/h1-2,4,7,18H,3,5-6H2. The van der Waals surface area contributed by atoms with Gasteiger partial charge in [-0.2, -0.15) is 0 Å². The van der Waals surface area contributed by atoms with Crippen molar-refractivity contribution in [1.82, 2.24) is 0 Å². The number of carbonyl (C=O) groups is 1. The second kappa shape index (κ2) is 5.61. The number of alkyl halides is 3. The first kappa shape index (κ1) is 15.1. The van der Waals surface area contributed by atoms with Crippen LogP contribution in [0.15, 0.2) is 22.7 Å². The number of aliphatic hydroxyl groups excluding tert-OH is 1. The van der Waals surface area contributed by atoms with Gasteiger partial charge in [0.2, 0.25) is 5.91 Å². The molecule has 1 unspecified atom stereocenters. The van der Waals surface area contributed by atoms with Crippen LogP contribution in [0.1, 0.15) is 6.42 Å². The highest BCUT2D eigenvalue weighted by Gasteiger charge is 2.33. The monoisotopic (exact) mass is 353 g/mol. The van der Waals surface area contributed by atoms with Gasteiger partial charge in [-0.05, 0) is 34.1 Å². The molecule has 1 aromatic rings. The predicted octanol–water partition coefficient (Wildman–Crippen LogP) is 2.69. The minimum atomic E-state index is -4.77. The summed E-state index contributed by atoms with van der Waals surface area (Å²) in [5.74, 6) is -0.681. The summed E-state index contributed by atoms with van der Waals surface area (Å²) in [5, 5.41) is 9.04. The fourth-order valence-electron chi connectivity index (χ4n) is 2.02. The summed E-state index contributed by atoms with van der Waals surface area (Å²) in [6.07, 6.45) is -4.54. The summed E-state index contributed by atoms with van der Waals surface area (Å²) in [6.45, 7) is 0.250. The van der Waals surface area contributed by atoms with Gasteiger partial charge < -0.3 is 14.7 Å². The lowest BCUT2D eigenvalue weighted by Crippen LogP contribution is -2.25. The highest BCUT2D eigenvalue weighted by Crippen LogP contribution is 2.35. The molecule has 0 spiro atoms. The minimum Gasteiger partial charge on any atom is -0.405 e. The predicted molar refractivity (Wildman–Crippen MR) is 68.4 cm³/mol. The lowest BCUT2D eigenvalue weighted by atomic mass is 10.1. The quantitative estimate of drug-likeness (QED) is 0.908. The molecule has 110 valence electrons. The molecule has 1 aliphatic rings. The van der Waals surface area contributed by atoms with Gasteiger partial charge in [0.1, 0.15) is 5.75 Å².